The third-order valence-electron chi connectivity index (χ3n) is 5.80. The summed E-state index contributed by atoms with van der Waals surface area (Å²) in [5.74, 6) is 0. The van der Waals surface area contributed by atoms with Crippen molar-refractivity contribution in [3.63, 3.8) is 0 Å². The predicted molar refractivity (Wildman–Crippen MR) is 89.5 cm³/mol. The van der Waals surface area contributed by atoms with Crippen molar-refractivity contribution < 1.29 is 9.74 Å². The summed E-state index contributed by atoms with van der Waals surface area (Å²) in [5, 5.41) is 22.6. The van der Waals surface area contributed by atoms with Crippen LogP contribution in [0.4, 0.5) is 0 Å². The number of benzene rings is 1. The minimum Gasteiger partial charge on any atom is -0.390 e. The summed E-state index contributed by atoms with van der Waals surface area (Å²) in [6.07, 6.45) is 1.53. The molecule has 2 aliphatic rings. The van der Waals surface area contributed by atoms with Crippen molar-refractivity contribution in [1.29, 1.82) is 0 Å². The molecule has 1 aromatic carbocycles. The molecule has 6 nitrogen and oxygen atoms in total. The highest BCUT2D eigenvalue weighted by Crippen LogP contribution is 2.51. The van der Waals surface area contributed by atoms with Crippen LogP contribution in [0.2, 0.25) is 0 Å². The average Bonchev–Trinajstić information content (AvgIpc) is 3.10. The zero-order valence-electron chi connectivity index (χ0n) is 14.2. The number of hydrogen-bond acceptors (Lipinski definition) is 6. The van der Waals surface area contributed by atoms with Crippen LogP contribution >= 0.6 is 0 Å². The molecule has 4 rings (SSSR count). The van der Waals surface area contributed by atoms with E-state index in [-0.39, 0.29) is 11.5 Å². The van der Waals surface area contributed by atoms with Crippen LogP contribution in [0.15, 0.2) is 28.9 Å². The van der Waals surface area contributed by atoms with E-state index >= 15 is 0 Å². The largest absolute Gasteiger partial charge is 0.390 e. The van der Waals surface area contributed by atoms with Crippen molar-refractivity contribution in [3.05, 3.63) is 46.8 Å². The molecule has 1 aromatic heterocycles. The lowest BCUT2D eigenvalue weighted by atomic mass is 9.72. The Kier molecular flexibility index (Phi) is 3.90. The summed E-state index contributed by atoms with van der Waals surface area (Å²) in [6.45, 7) is 4.41. The lowest BCUT2D eigenvalue weighted by Gasteiger charge is -2.40. The fourth-order valence-electron chi connectivity index (χ4n) is 4.48. The molecular weight excluding hydrogens is 304 g/mol. The fourth-order valence-corrected chi connectivity index (χ4v) is 4.48. The third kappa shape index (κ3) is 2.29. The molecule has 1 aliphatic carbocycles. The number of aryl methyl sites for hydroxylation is 1. The van der Waals surface area contributed by atoms with E-state index in [9.17, 15) is 5.11 Å². The van der Waals surface area contributed by atoms with Crippen molar-refractivity contribution in [3.8, 4) is 0 Å². The first-order chi connectivity index (χ1) is 11.6. The van der Waals surface area contributed by atoms with E-state index in [0.29, 0.717) is 6.54 Å². The average molecular weight is 328 g/mol. The molecule has 2 aromatic rings. The SMILES string of the molecule is Cc1nonc1CN(C)[C@@H]1c2ccccc2C2(CCNCC2)[C@H]1O. The molecule has 0 unspecified atom stereocenters. The van der Waals surface area contributed by atoms with Crippen molar-refractivity contribution >= 4 is 0 Å². The first-order valence-corrected chi connectivity index (χ1v) is 8.60. The number of likely N-dealkylation sites (N-methyl/N-ethyl adjacent to an activating group) is 1. The Morgan fingerprint density at radius 3 is 2.75 bits per heavy atom. The van der Waals surface area contributed by atoms with Crippen molar-refractivity contribution in [2.75, 3.05) is 20.1 Å². The predicted octanol–water partition coefficient (Wildman–Crippen LogP) is 1.55. The van der Waals surface area contributed by atoms with Gasteiger partial charge in [0.1, 0.15) is 11.4 Å². The number of piperidine rings is 1. The van der Waals surface area contributed by atoms with Gasteiger partial charge in [-0.1, -0.05) is 34.6 Å². The molecule has 2 atom stereocenters. The van der Waals surface area contributed by atoms with Crippen LogP contribution in [0.3, 0.4) is 0 Å². The summed E-state index contributed by atoms with van der Waals surface area (Å²) < 4.78 is 4.82. The fraction of sp³-hybridized carbons (Fsp3) is 0.556. The maximum atomic E-state index is 11.3. The number of rotatable bonds is 3. The van der Waals surface area contributed by atoms with Crippen LogP contribution in [0.25, 0.3) is 0 Å². The lowest BCUT2D eigenvalue weighted by molar-refractivity contribution is 0.00359. The molecule has 0 bridgehead atoms. The normalized spacial score (nSPS) is 25.3. The van der Waals surface area contributed by atoms with E-state index in [2.05, 4.69) is 44.8 Å². The van der Waals surface area contributed by atoms with Gasteiger partial charge in [-0.05, 0) is 51.0 Å². The van der Waals surface area contributed by atoms with Crippen molar-refractivity contribution in [1.82, 2.24) is 20.5 Å². The molecule has 2 N–H and O–H groups in total. The molecule has 0 amide bonds. The number of fused-ring (bicyclic) bond motifs is 2. The molecule has 0 radical (unpaired) electrons. The topological polar surface area (TPSA) is 74.4 Å². The molecule has 6 heteroatoms. The Labute approximate surface area is 141 Å². The summed E-state index contributed by atoms with van der Waals surface area (Å²) in [7, 11) is 2.04. The molecule has 0 saturated carbocycles. The summed E-state index contributed by atoms with van der Waals surface area (Å²) in [5.41, 5.74) is 4.04. The van der Waals surface area contributed by atoms with Gasteiger partial charge in [0.15, 0.2) is 0 Å². The Morgan fingerprint density at radius 1 is 1.29 bits per heavy atom. The summed E-state index contributed by atoms with van der Waals surface area (Å²) in [6, 6.07) is 8.47. The van der Waals surface area contributed by atoms with Gasteiger partial charge in [-0.25, -0.2) is 4.63 Å². The van der Waals surface area contributed by atoms with Gasteiger partial charge in [0.05, 0.1) is 12.1 Å². The monoisotopic (exact) mass is 328 g/mol. The van der Waals surface area contributed by atoms with Gasteiger partial charge in [0.2, 0.25) is 0 Å². The Hall–Kier alpha value is -1.76. The van der Waals surface area contributed by atoms with Crippen molar-refractivity contribution in [2.45, 2.75) is 43.9 Å². The van der Waals surface area contributed by atoms with Gasteiger partial charge in [0, 0.05) is 12.0 Å². The van der Waals surface area contributed by atoms with Gasteiger partial charge >= 0.3 is 0 Å². The van der Waals surface area contributed by atoms with E-state index in [1.807, 2.05) is 14.0 Å². The highest BCUT2D eigenvalue weighted by molar-refractivity contribution is 5.45. The second kappa shape index (κ2) is 5.95. The minimum absolute atomic E-state index is 0.0320. The molecular formula is C18H24N4O2. The van der Waals surface area contributed by atoms with E-state index in [1.54, 1.807) is 0 Å². The Bertz CT molecular complexity index is 723. The molecule has 2 heterocycles. The van der Waals surface area contributed by atoms with Crippen molar-refractivity contribution in [2.24, 2.45) is 0 Å². The zero-order chi connectivity index (χ0) is 16.7. The van der Waals surface area contributed by atoms with Crippen LogP contribution in [0.1, 0.15) is 41.4 Å². The number of nitrogens with one attached hydrogen (secondary N) is 1. The molecule has 1 saturated heterocycles. The Balaban J connectivity index is 1.69. The molecule has 1 spiro atoms. The lowest BCUT2D eigenvalue weighted by Crippen LogP contribution is -2.48. The molecule has 1 aliphatic heterocycles. The van der Waals surface area contributed by atoms with Crippen LogP contribution in [-0.2, 0) is 12.0 Å². The molecule has 128 valence electrons. The minimum atomic E-state index is -0.415. The smallest absolute Gasteiger partial charge is 0.122 e. The van der Waals surface area contributed by atoms with E-state index in [0.717, 1.165) is 37.3 Å². The highest BCUT2D eigenvalue weighted by atomic mass is 16.6. The number of aliphatic hydroxyl groups excluding tert-OH is 1. The highest BCUT2D eigenvalue weighted by Gasteiger charge is 2.52. The third-order valence-corrected chi connectivity index (χ3v) is 5.80. The molecule has 24 heavy (non-hydrogen) atoms. The Morgan fingerprint density at radius 2 is 2.04 bits per heavy atom. The van der Waals surface area contributed by atoms with Gasteiger partial charge in [-0.15, -0.1) is 0 Å². The quantitative estimate of drug-likeness (QED) is 0.890. The first-order valence-electron chi connectivity index (χ1n) is 8.60. The van der Waals surface area contributed by atoms with Crippen LogP contribution < -0.4 is 5.32 Å². The zero-order valence-corrected chi connectivity index (χ0v) is 14.2. The van der Waals surface area contributed by atoms with Gasteiger partial charge < -0.3 is 10.4 Å². The van der Waals surface area contributed by atoms with Crippen LogP contribution in [0.5, 0.6) is 0 Å². The number of aliphatic hydroxyl groups is 1. The first kappa shape index (κ1) is 15.7. The van der Waals surface area contributed by atoms with E-state index in [1.165, 1.54) is 11.1 Å². The second-order valence-corrected chi connectivity index (χ2v) is 7.09. The van der Waals surface area contributed by atoms with Crippen LogP contribution in [-0.4, -0.2) is 46.6 Å². The summed E-state index contributed by atoms with van der Waals surface area (Å²) in [4.78, 5) is 2.17. The maximum Gasteiger partial charge on any atom is 0.122 e. The second-order valence-electron chi connectivity index (χ2n) is 7.09. The number of nitrogens with zero attached hydrogens (tertiary/aromatic N) is 3. The van der Waals surface area contributed by atoms with Gasteiger partial charge in [-0.3, -0.25) is 4.90 Å². The van der Waals surface area contributed by atoms with E-state index in [4.69, 9.17) is 4.63 Å². The standard InChI is InChI=1S/C18H24N4O2/c1-12-15(21-24-20-12)11-22(2)16-13-5-3-4-6-14(13)18(17(16)23)7-9-19-10-8-18/h3-6,16-17,19,23H,7-11H2,1-2H3/t16-,17+/m1/s1. The maximum absolute atomic E-state index is 11.3. The van der Waals surface area contributed by atoms with E-state index < -0.39 is 6.10 Å². The summed E-state index contributed by atoms with van der Waals surface area (Å²) >= 11 is 0. The van der Waals surface area contributed by atoms with Gasteiger partial charge in [0.25, 0.3) is 0 Å². The number of aromatic nitrogens is 2. The number of hydrogen-bond donors (Lipinski definition) is 2. The van der Waals surface area contributed by atoms with Gasteiger partial charge in [-0.2, -0.15) is 0 Å². The molecule has 1 fully saturated rings. The van der Waals surface area contributed by atoms with Crippen LogP contribution in [0, 0.1) is 6.92 Å².